The molecule has 0 bridgehead atoms. The molecule has 0 atom stereocenters. The molecule has 112 valence electrons. The molecule has 0 heterocycles. The van der Waals surface area contributed by atoms with E-state index in [9.17, 15) is 4.79 Å². The molecule has 1 aromatic carbocycles. The molecule has 0 unspecified atom stereocenters. The van der Waals surface area contributed by atoms with Gasteiger partial charge in [0.2, 0.25) is 0 Å². The Morgan fingerprint density at radius 2 is 2.00 bits per heavy atom. The number of ether oxygens (including phenoxy) is 2. The van der Waals surface area contributed by atoms with Crippen LogP contribution in [-0.2, 0) is 4.74 Å². The van der Waals surface area contributed by atoms with Gasteiger partial charge in [0, 0.05) is 26.2 Å². The van der Waals surface area contributed by atoms with Crippen molar-refractivity contribution < 1.29 is 19.4 Å². The van der Waals surface area contributed by atoms with Gasteiger partial charge in [-0.3, -0.25) is 4.90 Å². The second kappa shape index (κ2) is 8.55. The predicted octanol–water partition coefficient (Wildman–Crippen LogP) is 2.12. The van der Waals surface area contributed by atoms with Gasteiger partial charge in [-0.05, 0) is 32.0 Å². The van der Waals surface area contributed by atoms with Crippen molar-refractivity contribution in [3.8, 4) is 5.75 Å². The average Bonchev–Trinajstić information content (AvgIpc) is 2.42. The van der Waals surface area contributed by atoms with E-state index in [1.807, 2.05) is 0 Å². The molecule has 0 spiro atoms. The van der Waals surface area contributed by atoms with Crippen molar-refractivity contribution in [3.05, 3.63) is 29.8 Å². The fourth-order valence-electron chi connectivity index (χ4n) is 1.84. The Kier molecular flexibility index (Phi) is 7.04. The Hall–Kier alpha value is -1.59. The fraction of sp³-hybridized carbons (Fsp3) is 0.533. The highest BCUT2D eigenvalue weighted by molar-refractivity contribution is 5.87. The molecular formula is C15H23NO4. The lowest BCUT2D eigenvalue weighted by Gasteiger charge is -2.25. The Balaban J connectivity index is 2.45. The molecule has 0 aromatic heterocycles. The second-order valence-electron chi connectivity index (χ2n) is 4.80. The van der Waals surface area contributed by atoms with Crippen LogP contribution in [0.2, 0.25) is 0 Å². The van der Waals surface area contributed by atoms with Gasteiger partial charge in [-0.2, -0.15) is 0 Å². The molecule has 0 saturated heterocycles. The molecule has 0 radical (unpaired) electrons. The van der Waals surface area contributed by atoms with Gasteiger partial charge in [-0.1, -0.05) is 6.07 Å². The Bertz CT molecular complexity index is 420. The summed E-state index contributed by atoms with van der Waals surface area (Å²) in [7, 11) is 1.69. The third kappa shape index (κ3) is 5.59. The summed E-state index contributed by atoms with van der Waals surface area (Å²) in [5.74, 6) is -0.361. The molecule has 5 nitrogen and oxygen atoms in total. The molecule has 1 aromatic rings. The number of hydrogen-bond acceptors (Lipinski definition) is 4. The Labute approximate surface area is 120 Å². The SMILES string of the molecule is COCCN(CCOc1cccc(C(=O)O)c1)C(C)C. The molecule has 1 rings (SSSR count). The van der Waals surface area contributed by atoms with E-state index in [4.69, 9.17) is 14.6 Å². The summed E-state index contributed by atoms with van der Waals surface area (Å²) in [6.07, 6.45) is 0. The summed E-state index contributed by atoms with van der Waals surface area (Å²) in [6, 6.07) is 6.95. The van der Waals surface area contributed by atoms with Crippen LogP contribution in [0.4, 0.5) is 0 Å². The van der Waals surface area contributed by atoms with Crippen LogP contribution in [0.25, 0.3) is 0 Å². The first-order valence-electron chi connectivity index (χ1n) is 6.73. The van der Waals surface area contributed by atoms with Crippen molar-refractivity contribution in [2.45, 2.75) is 19.9 Å². The first-order chi connectivity index (χ1) is 9.54. The van der Waals surface area contributed by atoms with Gasteiger partial charge in [-0.25, -0.2) is 4.79 Å². The maximum atomic E-state index is 10.9. The van der Waals surface area contributed by atoms with Crippen LogP contribution in [-0.4, -0.2) is 55.4 Å². The highest BCUT2D eigenvalue weighted by Crippen LogP contribution is 2.13. The normalized spacial score (nSPS) is 11.1. The van der Waals surface area contributed by atoms with Crippen LogP contribution < -0.4 is 4.74 Å². The summed E-state index contributed by atoms with van der Waals surface area (Å²) in [4.78, 5) is 13.1. The Morgan fingerprint density at radius 1 is 1.30 bits per heavy atom. The van der Waals surface area contributed by atoms with Crippen LogP contribution in [0.15, 0.2) is 24.3 Å². The van der Waals surface area contributed by atoms with Crippen LogP contribution in [0, 0.1) is 0 Å². The summed E-state index contributed by atoms with van der Waals surface area (Å²) >= 11 is 0. The van der Waals surface area contributed by atoms with Crippen molar-refractivity contribution >= 4 is 5.97 Å². The molecule has 20 heavy (non-hydrogen) atoms. The molecule has 0 aliphatic heterocycles. The Morgan fingerprint density at radius 3 is 2.60 bits per heavy atom. The van der Waals surface area contributed by atoms with Crippen molar-refractivity contribution in [3.63, 3.8) is 0 Å². The molecule has 0 aliphatic carbocycles. The monoisotopic (exact) mass is 281 g/mol. The van der Waals surface area contributed by atoms with Gasteiger partial charge in [-0.15, -0.1) is 0 Å². The van der Waals surface area contributed by atoms with E-state index < -0.39 is 5.97 Å². The van der Waals surface area contributed by atoms with Crippen molar-refractivity contribution in [2.75, 3.05) is 33.4 Å². The van der Waals surface area contributed by atoms with Gasteiger partial charge in [0.05, 0.1) is 12.2 Å². The number of hydrogen-bond donors (Lipinski definition) is 1. The summed E-state index contributed by atoms with van der Waals surface area (Å²) in [5.41, 5.74) is 0.239. The first-order valence-corrected chi connectivity index (χ1v) is 6.73. The van der Waals surface area contributed by atoms with Gasteiger partial charge in [0.1, 0.15) is 12.4 Å². The lowest BCUT2D eigenvalue weighted by atomic mass is 10.2. The highest BCUT2D eigenvalue weighted by atomic mass is 16.5. The molecular weight excluding hydrogens is 258 g/mol. The standard InChI is InChI=1S/C15H23NO4/c1-12(2)16(7-9-19-3)8-10-20-14-6-4-5-13(11-14)15(17)18/h4-6,11-12H,7-10H2,1-3H3,(H,17,18). The summed E-state index contributed by atoms with van der Waals surface area (Å²) in [6.45, 7) is 7.09. The zero-order chi connectivity index (χ0) is 15.0. The number of carboxylic acids is 1. The number of benzene rings is 1. The summed E-state index contributed by atoms with van der Waals surface area (Å²) in [5, 5.41) is 8.92. The topological polar surface area (TPSA) is 59.0 Å². The second-order valence-corrected chi connectivity index (χ2v) is 4.80. The van der Waals surface area contributed by atoms with Crippen molar-refractivity contribution in [1.82, 2.24) is 4.90 Å². The number of carboxylic acid groups (broad SMARTS) is 1. The van der Waals surface area contributed by atoms with E-state index in [0.29, 0.717) is 25.0 Å². The van der Waals surface area contributed by atoms with E-state index in [1.165, 1.54) is 6.07 Å². The lowest BCUT2D eigenvalue weighted by Crippen LogP contribution is -2.37. The number of aromatic carboxylic acids is 1. The molecule has 1 N–H and O–H groups in total. The average molecular weight is 281 g/mol. The maximum Gasteiger partial charge on any atom is 0.335 e. The molecule has 0 fully saturated rings. The van der Waals surface area contributed by atoms with Crippen LogP contribution >= 0.6 is 0 Å². The summed E-state index contributed by atoms with van der Waals surface area (Å²) < 4.78 is 10.7. The van der Waals surface area contributed by atoms with E-state index in [1.54, 1.807) is 25.3 Å². The predicted molar refractivity (Wildman–Crippen MR) is 77.5 cm³/mol. The highest BCUT2D eigenvalue weighted by Gasteiger charge is 2.09. The zero-order valence-electron chi connectivity index (χ0n) is 12.3. The molecule has 5 heteroatoms. The van der Waals surface area contributed by atoms with E-state index in [-0.39, 0.29) is 5.56 Å². The van der Waals surface area contributed by atoms with Crippen molar-refractivity contribution in [1.29, 1.82) is 0 Å². The van der Waals surface area contributed by atoms with Crippen LogP contribution in [0.3, 0.4) is 0 Å². The van der Waals surface area contributed by atoms with Gasteiger partial charge >= 0.3 is 5.97 Å². The largest absolute Gasteiger partial charge is 0.492 e. The van der Waals surface area contributed by atoms with E-state index >= 15 is 0 Å². The number of nitrogens with zero attached hydrogens (tertiary/aromatic N) is 1. The minimum atomic E-state index is -0.945. The van der Waals surface area contributed by atoms with Crippen LogP contribution in [0.1, 0.15) is 24.2 Å². The third-order valence-electron chi connectivity index (χ3n) is 3.04. The fourth-order valence-corrected chi connectivity index (χ4v) is 1.84. The smallest absolute Gasteiger partial charge is 0.335 e. The van der Waals surface area contributed by atoms with Crippen LogP contribution in [0.5, 0.6) is 5.75 Å². The minimum absolute atomic E-state index is 0.239. The number of rotatable bonds is 9. The quantitative estimate of drug-likeness (QED) is 0.751. The lowest BCUT2D eigenvalue weighted by molar-refractivity contribution is 0.0696. The zero-order valence-corrected chi connectivity index (χ0v) is 12.3. The molecule has 0 aliphatic rings. The van der Waals surface area contributed by atoms with Gasteiger partial charge in [0.15, 0.2) is 0 Å². The molecule has 0 amide bonds. The number of methoxy groups -OCH3 is 1. The van der Waals surface area contributed by atoms with Crippen molar-refractivity contribution in [2.24, 2.45) is 0 Å². The maximum absolute atomic E-state index is 10.9. The van der Waals surface area contributed by atoms with E-state index in [0.717, 1.165) is 13.1 Å². The third-order valence-corrected chi connectivity index (χ3v) is 3.04. The van der Waals surface area contributed by atoms with Gasteiger partial charge in [0.25, 0.3) is 0 Å². The number of carbonyl (C=O) groups is 1. The molecule has 0 saturated carbocycles. The van der Waals surface area contributed by atoms with Gasteiger partial charge < -0.3 is 14.6 Å². The van der Waals surface area contributed by atoms with E-state index in [2.05, 4.69) is 18.7 Å². The first kappa shape index (κ1) is 16.5. The minimum Gasteiger partial charge on any atom is -0.492 e.